The Kier molecular flexibility index (Phi) is 6.09. The molecule has 0 radical (unpaired) electrons. The van der Waals surface area contributed by atoms with E-state index in [4.69, 9.17) is 18.9 Å². The fraction of sp³-hybridized carbons (Fsp3) is 0.885. The molecule has 0 aromatic carbocycles. The third-order valence-corrected chi connectivity index (χ3v) is 9.56. The van der Waals surface area contributed by atoms with E-state index in [9.17, 15) is 14.4 Å². The molecule has 7 heteroatoms. The summed E-state index contributed by atoms with van der Waals surface area (Å²) in [6, 6.07) is 0. The molecule has 6 unspecified atom stereocenters. The Bertz CT molecular complexity index is 778. The van der Waals surface area contributed by atoms with E-state index < -0.39 is 53.7 Å². The van der Waals surface area contributed by atoms with Crippen molar-refractivity contribution in [3.8, 4) is 0 Å². The molecule has 6 rings (SSSR count). The number of cyclic esters (lactones) is 2. The molecule has 6 atom stereocenters. The van der Waals surface area contributed by atoms with E-state index in [-0.39, 0.29) is 5.92 Å². The highest BCUT2D eigenvalue weighted by molar-refractivity contribution is 5.99. The maximum Gasteiger partial charge on any atom is 0.320 e. The lowest BCUT2D eigenvalue weighted by molar-refractivity contribution is -0.224. The van der Waals surface area contributed by atoms with Crippen LogP contribution in [0.1, 0.15) is 72.6 Å². The molecule has 0 aromatic rings. The minimum atomic E-state index is -0.890. The van der Waals surface area contributed by atoms with Gasteiger partial charge in [-0.05, 0) is 88.4 Å². The van der Waals surface area contributed by atoms with Gasteiger partial charge in [-0.3, -0.25) is 14.4 Å². The lowest BCUT2D eigenvalue weighted by Crippen LogP contribution is -2.58. The van der Waals surface area contributed by atoms with Crippen LogP contribution in [0.4, 0.5) is 0 Å². The van der Waals surface area contributed by atoms with Crippen molar-refractivity contribution >= 4 is 17.9 Å². The summed E-state index contributed by atoms with van der Waals surface area (Å²) < 4.78 is 23.1. The van der Waals surface area contributed by atoms with Gasteiger partial charge in [-0.15, -0.1) is 0 Å². The van der Waals surface area contributed by atoms with E-state index >= 15 is 0 Å². The Morgan fingerprint density at radius 3 is 2.30 bits per heavy atom. The lowest BCUT2D eigenvalue weighted by atomic mass is 9.50. The summed E-state index contributed by atoms with van der Waals surface area (Å²) >= 11 is 0. The van der Waals surface area contributed by atoms with E-state index in [1.165, 1.54) is 6.42 Å². The first kappa shape index (κ1) is 23.3. The van der Waals surface area contributed by atoms with Crippen molar-refractivity contribution in [3.05, 3.63) is 0 Å². The summed E-state index contributed by atoms with van der Waals surface area (Å²) in [5.74, 6) is -1.72. The maximum atomic E-state index is 13.4. The molecule has 4 bridgehead atoms. The van der Waals surface area contributed by atoms with Gasteiger partial charge in [-0.1, -0.05) is 13.8 Å². The molecule has 0 aromatic heterocycles. The molecular weight excluding hydrogens is 424 g/mol. The van der Waals surface area contributed by atoms with Crippen molar-refractivity contribution in [1.82, 2.24) is 0 Å². The summed E-state index contributed by atoms with van der Waals surface area (Å²) in [7, 11) is 0. The zero-order chi connectivity index (χ0) is 23.5. The summed E-state index contributed by atoms with van der Waals surface area (Å²) in [5, 5.41) is 0. The highest BCUT2D eigenvalue weighted by Crippen LogP contribution is 2.59. The number of hydrogen-bond donors (Lipinski definition) is 0. The van der Waals surface area contributed by atoms with Gasteiger partial charge in [-0.2, -0.15) is 0 Å². The van der Waals surface area contributed by atoms with Crippen LogP contribution in [0, 0.1) is 47.3 Å². The van der Waals surface area contributed by atoms with Gasteiger partial charge in [-0.25, -0.2) is 0 Å². The van der Waals surface area contributed by atoms with Gasteiger partial charge in [0.15, 0.2) is 6.29 Å². The van der Waals surface area contributed by atoms with Crippen LogP contribution in [-0.2, 0) is 33.3 Å². The second-order valence-electron chi connectivity index (χ2n) is 11.5. The molecule has 184 valence electrons. The Morgan fingerprint density at radius 2 is 1.70 bits per heavy atom. The fourth-order valence-corrected chi connectivity index (χ4v) is 7.81. The van der Waals surface area contributed by atoms with Gasteiger partial charge in [0, 0.05) is 6.61 Å². The van der Waals surface area contributed by atoms with Gasteiger partial charge in [0.2, 0.25) is 0 Å². The largest absolute Gasteiger partial charge is 0.459 e. The third kappa shape index (κ3) is 3.93. The highest BCUT2D eigenvalue weighted by atomic mass is 16.7. The smallest absolute Gasteiger partial charge is 0.320 e. The van der Waals surface area contributed by atoms with Crippen LogP contribution in [-0.4, -0.2) is 42.5 Å². The normalized spacial score (nSPS) is 47.5. The zero-order valence-corrected chi connectivity index (χ0v) is 20.3. The Labute approximate surface area is 196 Å². The molecule has 2 heterocycles. The zero-order valence-electron chi connectivity index (χ0n) is 20.3. The molecule has 0 N–H and O–H groups in total. The van der Waals surface area contributed by atoms with E-state index in [0.717, 1.165) is 50.4 Å². The average molecular weight is 463 g/mol. The molecule has 6 aliphatic rings. The predicted octanol–water partition coefficient (Wildman–Crippen LogP) is 3.87. The van der Waals surface area contributed by atoms with E-state index in [1.54, 1.807) is 6.92 Å². The summed E-state index contributed by atoms with van der Waals surface area (Å²) in [4.78, 5) is 39.0. The summed E-state index contributed by atoms with van der Waals surface area (Å²) in [6.07, 6.45) is 6.48. The van der Waals surface area contributed by atoms with Gasteiger partial charge in [0.05, 0.1) is 23.9 Å². The SMILES string of the molecule is CCOC1CCC(C)C(C2C(=O)OC(=O)C2C(C)C(=O)OC2(C)C3CC4CC(C3)CC2C4)O1. The van der Waals surface area contributed by atoms with Crippen molar-refractivity contribution in [3.63, 3.8) is 0 Å². The maximum absolute atomic E-state index is 13.4. The van der Waals surface area contributed by atoms with Crippen molar-refractivity contribution in [1.29, 1.82) is 0 Å². The minimum absolute atomic E-state index is 0.0535. The predicted molar refractivity (Wildman–Crippen MR) is 117 cm³/mol. The molecule has 4 saturated carbocycles. The standard InChI is InChI=1S/C26H38O7/c1-5-30-19-7-6-13(2)22(31-19)21-20(24(28)32-25(21)29)14(3)23(27)33-26(4)17-9-15-8-16(11-17)12-18(26)10-15/h13-22H,5-12H2,1-4H3. The monoisotopic (exact) mass is 462 g/mol. The van der Waals surface area contributed by atoms with Crippen LogP contribution < -0.4 is 0 Å². The van der Waals surface area contributed by atoms with Crippen LogP contribution in [0.5, 0.6) is 0 Å². The van der Waals surface area contributed by atoms with Crippen LogP contribution in [0.2, 0.25) is 0 Å². The molecule has 6 fully saturated rings. The van der Waals surface area contributed by atoms with Crippen LogP contribution in [0.3, 0.4) is 0 Å². The van der Waals surface area contributed by atoms with Crippen LogP contribution in [0.25, 0.3) is 0 Å². The highest BCUT2D eigenvalue weighted by Gasteiger charge is 2.59. The first-order valence-corrected chi connectivity index (χ1v) is 13.0. The number of esters is 3. The molecule has 2 saturated heterocycles. The molecule has 2 aliphatic heterocycles. The minimum Gasteiger partial charge on any atom is -0.459 e. The average Bonchev–Trinajstić information content (AvgIpc) is 3.06. The Balaban J connectivity index is 1.33. The van der Waals surface area contributed by atoms with Gasteiger partial charge in [0.25, 0.3) is 0 Å². The van der Waals surface area contributed by atoms with E-state index in [1.807, 2.05) is 13.8 Å². The Morgan fingerprint density at radius 1 is 1.06 bits per heavy atom. The summed E-state index contributed by atoms with van der Waals surface area (Å²) in [6.45, 7) is 8.22. The van der Waals surface area contributed by atoms with Crippen molar-refractivity contribution < 1.29 is 33.3 Å². The van der Waals surface area contributed by atoms with Crippen LogP contribution >= 0.6 is 0 Å². The third-order valence-electron chi connectivity index (χ3n) is 9.56. The lowest BCUT2D eigenvalue weighted by Gasteiger charge is -2.59. The van der Waals surface area contributed by atoms with Crippen molar-refractivity contribution in [2.75, 3.05) is 6.61 Å². The first-order valence-electron chi connectivity index (χ1n) is 13.0. The van der Waals surface area contributed by atoms with E-state index in [0.29, 0.717) is 18.4 Å². The van der Waals surface area contributed by atoms with Crippen molar-refractivity contribution in [2.24, 2.45) is 47.3 Å². The second kappa shape index (κ2) is 8.63. The van der Waals surface area contributed by atoms with Crippen molar-refractivity contribution in [2.45, 2.75) is 90.6 Å². The van der Waals surface area contributed by atoms with Gasteiger partial charge >= 0.3 is 17.9 Å². The van der Waals surface area contributed by atoms with Gasteiger partial charge < -0.3 is 18.9 Å². The quantitative estimate of drug-likeness (QED) is 0.437. The molecule has 0 spiro atoms. The topological polar surface area (TPSA) is 88.1 Å². The number of hydrogen-bond acceptors (Lipinski definition) is 7. The second-order valence-corrected chi connectivity index (χ2v) is 11.5. The fourth-order valence-electron chi connectivity index (χ4n) is 7.81. The van der Waals surface area contributed by atoms with E-state index in [2.05, 4.69) is 6.92 Å². The molecule has 33 heavy (non-hydrogen) atoms. The molecule has 7 nitrogen and oxygen atoms in total. The first-order chi connectivity index (χ1) is 15.7. The number of carbonyl (C=O) groups is 3. The number of ether oxygens (including phenoxy) is 4. The number of carbonyl (C=O) groups excluding carboxylic acids is 3. The molecular formula is C26H38O7. The number of rotatable bonds is 6. The van der Waals surface area contributed by atoms with Crippen LogP contribution in [0.15, 0.2) is 0 Å². The Hall–Kier alpha value is -1.47. The molecule has 4 aliphatic carbocycles. The summed E-state index contributed by atoms with van der Waals surface area (Å²) in [5.41, 5.74) is -0.477. The van der Waals surface area contributed by atoms with Gasteiger partial charge in [0.1, 0.15) is 5.60 Å². The molecule has 0 amide bonds.